The molecule has 1 saturated carbocycles. The molecular formula is C15H23NO. The van der Waals surface area contributed by atoms with Crippen LogP contribution in [0.25, 0.3) is 0 Å². The first-order chi connectivity index (χ1) is 8.29. The molecule has 0 amide bonds. The number of hydrogen-bond acceptors (Lipinski definition) is 2. The van der Waals surface area contributed by atoms with Gasteiger partial charge in [-0.3, -0.25) is 0 Å². The first-order valence-corrected chi connectivity index (χ1v) is 6.66. The van der Waals surface area contributed by atoms with Crippen LogP contribution in [0.4, 0.5) is 0 Å². The van der Waals surface area contributed by atoms with Crippen molar-refractivity contribution in [3.05, 3.63) is 29.3 Å². The SMILES string of the molecule is COc1ccc(CNC2CCCCC2)cc1C. The zero-order valence-electron chi connectivity index (χ0n) is 11.0. The minimum Gasteiger partial charge on any atom is -0.496 e. The Balaban J connectivity index is 1.87. The number of ether oxygens (including phenoxy) is 1. The largest absolute Gasteiger partial charge is 0.496 e. The van der Waals surface area contributed by atoms with Gasteiger partial charge in [-0.1, -0.05) is 31.4 Å². The highest BCUT2D eigenvalue weighted by molar-refractivity contribution is 5.36. The minimum atomic E-state index is 0.728. The Morgan fingerprint density at radius 1 is 1.24 bits per heavy atom. The molecule has 0 aliphatic heterocycles. The number of aryl methyl sites for hydroxylation is 1. The molecule has 2 nitrogen and oxygen atoms in total. The van der Waals surface area contributed by atoms with Gasteiger partial charge >= 0.3 is 0 Å². The molecule has 0 heterocycles. The molecule has 1 aromatic rings. The normalized spacial score (nSPS) is 17.1. The quantitative estimate of drug-likeness (QED) is 0.860. The van der Waals surface area contributed by atoms with Crippen LogP contribution in [0, 0.1) is 6.92 Å². The summed E-state index contributed by atoms with van der Waals surface area (Å²) in [5.41, 5.74) is 2.57. The summed E-state index contributed by atoms with van der Waals surface area (Å²) < 4.78 is 5.27. The Labute approximate surface area is 104 Å². The number of nitrogens with one attached hydrogen (secondary N) is 1. The first-order valence-electron chi connectivity index (χ1n) is 6.66. The lowest BCUT2D eigenvalue weighted by molar-refractivity contribution is 0.372. The zero-order chi connectivity index (χ0) is 12.1. The molecule has 1 aliphatic rings. The summed E-state index contributed by atoms with van der Waals surface area (Å²) in [4.78, 5) is 0. The molecule has 0 saturated heterocycles. The van der Waals surface area contributed by atoms with Crippen molar-refractivity contribution < 1.29 is 4.74 Å². The third kappa shape index (κ3) is 3.47. The lowest BCUT2D eigenvalue weighted by Gasteiger charge is -2.23. The van der Waals surface area contributed by atoms with Gasteiger partial charge in [-0.25, -0.2) is 0 Å². The molecule has 1 aromatic carbocycles. The van der Waals surface area contributed by atoms with Crippen LogP contribution in [-0.4, -0.2) is 13.2 Å². The van der Waals surface area contributed by atoms with Gasteiger partial charge in [-0.15, -0.1) is 0 Å². The second-order valence-corrected chi connectivity index (χ2v) is 5.02. The third-order valence-electron chi connectivity index (χ3n) is 3.66. The summed E-state index contributed by atoms with van der Waals surface area (Å²) in [7, 11) is 1.72. The monoisotopic (exact) mass is 233 g/mol. The van der Waals surface area contributed by atoms with Crippen molar-refractivity contribution >= 4 is 0 Å². The minimum absolute atomic E-state index is 0.728. The van der Waals surface area contributed by atoms with E-state index in [1.807, 2.05) is 0 Å². The fraction of sp³-hybridized carbons (Fsp3) is 0.600. The highest BCUT2D eigenvalue weighted by atomic mass is 16.5. The van der Waals surface area contributed by atoms with Gasteiger partial charge in [0.15, 0.2) is 0 Å². The molecule has 94 valence electrons. The second-order valence-electron chi connectivity index (χ2n) is 5.02. The van der Waals surface area contributed by atoms with E-state index in [0.717, 1.165) is 18.3 Å². The molecule has 17 heavy (non-hydrogen) atoms. The lowest BCUT2D eigenvalue weighted by atomic mass is 9.95. The summed E-state index contributed by atoms with van der Waals surface area (Å²) >= 11 is 0. The van der Waals surface area contributed by atoms with Gasteiger partial charge in [-0.2, -0.15) is 0 Å². The van der Waals surface area contributed by atoms with Gasteiger partial charge < -0.3 is 10.1 Å². The van der Waals surface area contributed by atoms with Gasteiger partial charge in [-0.05, 0) is 37.0 Å². The van der Waals surface area contributed by atoms with E-state index in [2.05, 4.69) is 30.4 Å². The molecule has 0 spiro atoms. The summed E-state index contributed by atoms with van der Waals surface area (Å²) in [6.45, 7) is 3.08. The smallest absolute Gasteiger partial charge is 0.121 e. The van der Waals surface area contributed by atoms with Crippen LogP contribution >= 0.6 is 0 Å². The van der Waals surface area contributed by atoms with Gasteiger partial charge in [0.25, 0.3) is 0 Å². The van der Waals surface area contributed by atoms with Crippen molar-refractivity contribution in [1.29, 1.82) is 0 Å². The summed E-state index contributed by atoms with van der Waals surface area (Å²) in [6, 6.07) is 7.16. The van der Waals surface area contributed by atoms with Crippen molar-refractivity contribution in [2.45, 2.75) is 51.6 Å². The molecule has 1 aliphatic carbocycles. The number of benzene rings is 1. The van der Waals surface area contributed by atoms with E-state index >= 15 is 0 Å². The standard InChI is InChI=1S/C15H23NO/c1-12-10-13(8-9-15(12)17-2)11-16-14-6-4-3-5-7-14/h8-10,14,16H,3-7,11H2,1-2H3. The van der Waals surface area contributed by atoms with Crippen molar-refractivity contribution in [1.82, 2.24) is 5.32 Å². The van der Waals surface area contributed by atoms with Crippen LogP contribution in [0.1, 0.15) is 43.2 Å². The van der Waals surface area contributed by atoms with E-state index < -0.39 is 0 Å². The Bertz CT molecular complexity index is 356. The molecule has 0 atom stereocenters. The Morgan fingerprint density at radius 3 is 2.65 bits per heavy atom. The zero-order valence-corrected chi connectivity index (χ0v) is 11.0. The lowest BCUT2D eigenvalue weighted by Crippen LogP contribution is -2.30. The van der Waals surface area contributed by atoms with E-state index in [9.17, 15) is 0 Å². The number of hydrogen-bond donors (Lipinski definition) is 1. The first kappa shape index (κ1) is 12.4. The van der Waals surface area contributed by atoms with Crippen LogP contribution in [-0.2, 0) is 6.54 Å². The fourth-order valence-corrected chi connectivity index (χ4v) is 2.62. The van der Waals surface area contributed by atoms with Crippen LogP contribution in [0.5, 0.6) is 5.75 Å². The molecule has 1 fully saturated rings. The van der Waals surface area contributed by atoms with E-state index in [4.69, 9.17) is 4.74 Å². The van der Waals surface area contributed by atoms with Crippen LogP contribution in [0.2, 0.25) is 0 Å². The summed E-state index contributed by atoms with van der Waals surface area (Å²) in [6.07, 6.45) is 6.88. The summed E-state index contributed by atoms with van der Waals surface area (Å²) in [5, 5.41) is 3.66. The third-order valence-corrected chi connectivity index (χ3v) is 3.66. The molecule has 1 N–H and O–H groups in total. The van der Waals surface area contributed by atoms with Gasteiger partial charge in [0.05, 0.1) is 7.11 Å². The van der Waals surface area contributed by atoms with Crippen LogP contribution in [0.3, 0.4) is 0 Å². The maximum absolute atomic E-state index is 5.27. The Hall–Kier alpha value is -1.02. The molecule has 0 aromatic heterocycles. The average Bonchev–Trinajstić information content (AvgIpc) is 2.38. The molecule has 2 rings (SSSR count). The van der Waals surface area contributed by atoms with Gasteiger partial charge in [0.1, 0.15) is 5.75 Å². The van der Waals surface area contributed by atoms with Crippen molar-refractivity contribution in [3.63, 3.8) is 0 Å². The van der Waals surface area contributed by atoms with Crippen LogP contribution in [0.15, 0.2) is 18.2 Å². The maximum atomic E-state index is 5.27. The Kier molecular flexibility index (Phi) is 4.43. The van der Waals surface area contributed by atoms with Crippen molar-refractivity contribution in [2.24, 2.45) is 0 Å². The van der Waals surface area contributed by atoms with E-state index in [1.165, 1.54) is 43.2 Å². The fourth-order valence-electron chi connectivity index (χ4n) is 2.62. The summed E-state index contributed by atoms with van der Waals surface area (Å²) in [5.74, 6) is 0.978. The highest BCUT2D eigenvalue weighted by Gasteiger charge is 2.12. The predicted octanol–water partition coefficient (Wildman–Crippen LogP) is 3.43. The van der Waals surface area contributed by atoms with E-state index in [1.54, 1.807) is 7.11 Å². The van der Waals surface area contributed by atoms with Gasteiger partial charge in [0.2, 0.25) is 0 Å². The highest BCUT2D eigenvalue weighted by Crippen LogP contribution is 2.20. The van der Waals surface area contributed by atoms with E-state index in [0.29, 0.717) is 0 Å². The molecule has 0 unspecified atom stereocenters. The number of rotatable bonds is 4. The topological polar surface area (TPSA) is 21.3 Å². The van der Waals surface area contributed by atoms with Crippen LogP contribution < -0.4 is 10.1 Å². The van der Waals surface area contributed by atoms with E-state index in [-0.39, 0.29) is 0 Å². The van der Waals surface area contributed by atoms with Crippen molar-refractivity contribution in [3.8, 4) is 5.75 Å². The van der Waals surface area contributed by atoms with Gasteiger partial charge in [0, 0.05) is 12.6 Å². The number of methoxy groups -OCH3 is 1. The second kappa shape index (κ2) is 6.06. The molecule has 0 bridgehead atoms. The molecular weight excluding hydrogens is 210 g/mol. The van der Waals surface area contributed by atoms with Crippen molar-refractivity contribution in [2.75, 3.05) is 7.11 Å². The predicted molar refractivity (Wildman–Crippen MR) is 71.4 cm³/mol. The maximum Gasteiger partial charge on any atom is 0.121 e. The molecule has 2 heteroatoms. The Morgan fingerprint density at radius 2 is 2.00 bits per heavy atom. The average molecular weight is 233 g/mol. The molecule has 0 radical (unpaired) electrons.